The van der Waals surface area contributed by atoms with E-state index in [0.29, 0.717) is 5.75 Å². The van der Waals surface area contributed by atoms with Crippen LogP contribution in [-0.2, 0) is 14.5 Å². The minimum atomic E-state index is -2.08. The average Bonchev–Trinajstić information content (AvgIpc) is 2.18. The standard InChI is InChI=1S/C9H9O5P/c1-11-8-9(13-12-8)15(10)14-7-5-3-2-4-6-7/h2-6,8H,1H3. The van der Waals surface area contributed by atoms with Gasteiger partial charge in [0.25, 0.3) is 6.29 Å². The van der Waals surface area contributed by atoms with Gasteiger partial charge >= 0.3 is 13.5 Å². The molecule has 0 aromatic heterocycles. The third-order valence-electron chi connectivity index (χ3n) is 1.75. The molecule has 2 atom stereocenters. The molecule has 1 saturated heterocycles. The molecule has 0 saturated carbocycles. The fraction of sp³-hybridized carbons (Fsp3) is 0.222. The molecule has 2 rings (SSSR count). The van der Waals surface area contributed by atoms with Crippen LogP contribution < -0.4 is 9.42 Å². The van der Waals surface area contributed by atoms with Gasteiger partial charge in [-0.15, -0.1) is 4.89 Å². The Kier molecular flexibility index (Phi) is 3.30. The van der Waals surface area contributed by atoms with Crippen molar-refractivity contribution in [1.29, 1.82) is 0 Å². The summed E-state index contributed by atoms with van der Waals surface area (Å²) in [5.74, 6) is 0.511. The second-order valence-corrected chi connectivity index (χ2v) is 3.88. The van der Waals surface area contributed by atoms with Crippen molar-refractivity contribution in [2.75, 3.05) is 7.11 Å². The maximum atomic E-state index is 11.6. The number of hydrogen-bond donors (Lipinski definition) is 0. The lowest BCUT2D eigenvalue weighted by Gasteiger charge is -2.21. The molecule has 0 radical (unpaired) electrons. The second-order valence-electron chi connectivity index (χ2n) is 2.75. The van der Waals surface area contributed by atoms with Gasteiger partial charge in [-0.25, -0.2) is 0 Å². The van der Waals surface area contributed by atoms with Crippen molar-refractivity contribution >= 4 is 13.5 Å². The molecule has 5 nitrogen and oxygen atoms in total. The Morgan fingerprint density at radius 1 is 1.33 bits per heavy atom. The zero-order valence-electron chi connectivity index (χ0n) is 7.95. The molecule has 1 aliphatic rings. The van der Waals surface area contributed by atoms with E-state index in [4.69, 9.17) is 9.26 Å². The lowest BCUT2D eigenvalue weighted by molar-refractivity contribution is -0.368. The number of rotatable bonds is 3. The first-order valence-electron chi connectivity index (χ1n) is 4.24. The Morgan fingerprint density at radius 2 is 2.07 bits per heavy atom. The lowest BCUT2D eigenvalue weighted by Crippen LogP contribution is -2.40. The van der Waals surface area contributed by atoms with Crippen LogP contribution in [0.5, 0.6) is 5.75 Å². The monoisotopic (exact) mass is 228 g/mol. The highest BCUT2D eigenvalue weighted by Gasteiger charge is 2.39. The van der Waals surface area contributed by atoms with Crippen molar-refractivity contribution in [3.8, 4) is 5.75 Å². The second kappa shape index (κ2) is 4.70. The highest BCUT2D eigenvalue weighted by atomic mass is 31.1. The van der Waals surface area contributed by atoms with E-state index >= 15 is 0 Å². The van der Waals surface area contributed by atoms with Crippen molar-refractivity contribution in [1.82, 2.24) is 0 Å². The highest BCUT2D eigenvalue weighted by Crippen LogP contribution is 2.28. The van der Waals surface area contributed by atoms with Crippen molar-refractivity contribution < 1.29 is 23.9 Å². The summed E-state index contributed by atoms with van der Waals surface area (Å²) in [6.07, 6.45) is -0.697. The van der Waals surface area contributed by atoms with Crippen LogP contribution in [0.25, 0.3) is 0 Å². The zero-order chi connectivity index (χ0) is 10.7. The summed E-state index contributed by atoms with van der Waals surface area (Å²) >= 11 is 0. The van der Waals surface area contributed by atoms with Gasteiger partial charge in [-0.05, 0) is 12.1 Å². The van der Waals surface area contributed by atoms with Gasteiger partial charge in [0.05, 0.1) is 0 Å². The zero-order valence-corrected chi connectivity index (χ0v) is 8.85. The molecular formula is C9H9O5P. The van der Waals surface area contributed by atoms with Crippen LogP contribution in [0.15, 0.2) is 30.3 Å². The van der Waals surface area contributed by atoms with Gasteiger partial charge in [0.15, 0.2) is 5.75 Å². The topological polar surface area (TPSA) is 60.0 Å². The Balaban J connectivity index is 2.06. The molecule has 0 amide bonds. The van der Waals surface area contributed by atoms with Crippen LogP contribution in [0.1, 0.15) is 0 Å². The molecule has 1 heterocycles. The summed E-state index contributed by atoms with van der Waals surface area (Å²) in [7, 11) is -0.653. The molecule has 1 aliphatic heterocycles. The van der Waals surface area contributed by atoms with E-state index in [-0.39, 0.29) is 5.48 Å². The predicted molar refractivity (Wildman–Crippen MR) is 52.0 cm³/mol. The quantitative estimate of drug-likeness (QED) is 0.565. The molecule has 1 aromatic carbocycles. The molecule has 0 bridgehead atoms. The third-order valence-corrected chi connectivity index (χ3v) is 2.77. The SMILES string of the molecule is COC1OOC1=[P+]([O-])Oc1ccccc1. The number of methoxy groups -OCH3 is 1. The average molecular weight is 228 g/mol. The van der Waals surface area contributed by atoms with Crippen LogP contribution in [0, 0.1) is 0 Å². The maximum Gasteiger partial charge on any atom is 0.353 e. The van der Waals surface area contributed by atoms with Crippen LogP contribution in [-0.4, -0.2) is 18.9 Å². The van der Waals surface area contributed by atoms with E-state index in [2.05, 4.69) is 9.78 Å². The van der Waals surface area contributed by atoms with E-state index in [0.717, 1.165) is 0 Å². The van der Waals surface area contributed by atoms with Crippen LogP contribution in [0.2, 0.25) is 0 Å². The number of hydrogen-bond acceptors (Lipinski definition) is 5. The minimum absolute atomic E-state index is 0.163. The predicted octanol–water partition coefficient (Wildman–Crippen LogP) is 0.802. The number of ether oxygens (including phenoxy) is 1. The fourth-order valence-electron chi connectivity index (χ4n) is 1.01. The first kappa shape index (κ1) is 10.5. The van der Waals surface area contributed by atoms with E-state index in [1.165, 1.54) is 7.11 Å². The Morgan fingerprint density at radius 3 is 2.60 bits per heavy atom. The largest absolute Gasteiger partial charge is 0.593 e. The Labute approximate surface area is 87.6 Å². The smallest absolute Gasteiger partial charge is 0.353 e. The molecule has 1 aromatic rings. The van der Waals surface area contributed by atoms with Gasteiger partial charge in [0.1, 0.15) is 0 Å². The molecule has 6 heteroatoms. The van der Waals surface area contributed by atoms with Crippen molar-refractivity contribution in [3.05, 3.63) is 30.3 Å². The molecular weight excluding hydrogens is 219 g/mol. The summed E-state index contributed by atoms with van der Waals surface area (Å²) in [5.41, 5.74) is 0.163. The summed E-state index contributed by atoms with van der Waals surface area (Å²) in [6.45, 7) is 0. The van der Waals surface area contributed by atoms with Gasteiger partial charge in [-0.1, -0.05) is 18.2 Å². The first-order valence-corrected chi connectivity index (χ1v) is 5.42. The molecule has 15 heavy (non-hydrogen) atoms. The van der Waals surface area contributed by atoms with Crippen molar-refractivity contribution in [2.45, 2.75) is 6.29 Å². The highest BCUT2D eigenvalue weighted by molar-refractivity contribution is 7.47. The van der Waals surface area contributed by atoms with Crippen molar-refractivity contribution in [2.24, 2.45) is 0 Å². The Bertz CT molecular complexity index is 362. The summed E-state index contributed by atoms with van der Waals surface area (Å²) in [4.78, 5) is 20.6. The van der Waals surface area contributed by atoms with E-state index < -0.39 is 14.3 Å². The molecule has 0 aliphatic carbocycles. The number of para-hydroxylation sites is 1. The van der Waals surface area contributed by atoms with Crippen molar-refractivity contribution in [3.63, 3.8) is 0 Å². The Hall–Kier alpha value is -0.970. The summed E-state index contributed by atoms with van der Waals surface area (Å²) < 4.78 is 9.95. The van der Waals surface area contributed by atoms with Crippen LogP contribution >= 0.6 is 8.00 Å². The normalized spacial score (nSPS) is 23.2. The van der Waals surface area contributed by atoms with Gasteiger partial charge in [-0.3, -0.25) is 4.52 Å². The number of benzene rings is 1. The molecule has 1 fully saturated rings. The molecule has 0 spiro atoms. The van der Waals surface area contributed by atoms with E-state index in [1.54, 1.807) is 24.3 Å². The maximum absolute atomic E-state index is 11.6. The van der Waals surface area contributed by atoms with Gasteiger partial charge in [0.2, 0.25) is 0 Å². The summed E-state index contributed by atoms with van der Waals surface area (Å²) in [6, 6.07) is 8.82. The van der Waals surface area contributed by atoms with Gasteiger partial charge < -0.3 is 9.63 Å². The van der Waals surface area contributed by atoms with E-state index in [9.17, 15) is 4.89 Å². The van der Waals surface area contributed by atoms with Crippen LogP contribution in [0.4, 0.5) is 0 Å². The minimum Gasteiger partial charge on any atom is -0.593 e. The third kappa shape index (κ3) is 2.34. The lowest BCUT2D eigenvalue weighted by atomic mass is 10.3. The fourth-order valence-corrected chi connectivity index (χ4v) is 1.84. The van der Waals surface area contributed by atoms with Gasteiger partial charge in [-0.2, -0.15) is 4.89 Å². The molecule has 0 N–H and O–H groups in total. The van der Waals surface area contributed by atoms with E-state index in [1.807, 2.05) is 6.07 Å². The van der Waals surface area contributed by atoms with Gasteiger partial charge in [0, 0.05) is 7.11 Å². The van der Waals surface area contributed by atoms with Crippen LogP contribution in [0.3, 0.4) is 0 Å². The first-order chi connectivity index (χ1) is 7.31. The molecule has 2 unspecified atom stereocenters. The molecule has 80 valence electrons. The summed E-state index contributed by atoms with van der Waals surface area (Å²) in [5, 5.41) is 0.